The monoisotopic (exact) mass is 242 g/mol. The second-order valence-corrected chi connectivity index (χ2v) is 4.05. The van der Waals surface area contributed by atoms with Gasteiger partial charge in [0.25, 0.3) is 0 Å². The van der Waals surface area contributed by atoms with E-state index in [0.29, 0.717) is 0 Å². The van der Waals surface area contributed by atoms with Crippen molar-refractivity contribution in [1.29, 1.82) is 0 Å². The van der Waals surface area contributed by atoms with Crippen molar-refractivity contribution < 1.29 is 14.9 Å². The number of hydrogen-bond donors (Lipinski definition) is 4. The first-order chi connectivity index (χ1) is 7.95. The summed E-state index contributed by atoms with van der Waals surface area (Å²) in [5.41, 5.74) is 9.03. The number of aromatic nitrogens is 2. The lowest BCUT2D eigenvalue weighted by atomic mass is 10.1. The smallest absolute Gasteiger partial charge is 0.351 e. The standard InChI is InChI=1S/C9H14N4O4/c10-6-1-2-13(8(16)12-6)7-5(15)3-9(11,4-14)17-7/h1-2,5,7,14-15H,3-4,11H2,(H2,10,12,16)/t5-,7-,9+/m1/s1. The molecule has 0 spiro atoms. The molecule has 1 fully saturated rings. The average molecular weight is 242 g/mol. The Morgan fingerprint density at radius 1 is 1.71 bits per heavy atom. The van der Waals surface area contributed by atoms with Crippen molar-refractivity contribution in [3.63, 3.8) is 0 Å². The van der Waals surface area contributed by atoms with Crippen molar-refractivity contribution in [2.45, 2.75) is 24.5 Å². The van der Waals surface area contributed by atoms with Crippen LogP contribution in [0.2, 0.25) is 0 Å². The summed E-state index contributed by atoms with van der Waals surface area (Å²) in [5.74, 6) is 0.0832. The van der Waals surface area contributed by atoms with Crippen LogP contribution >= 0.6 is 0 Å². The molecule has 0 saturated carbocycles. The van der Waals surface area contributed by atoms with Gasteiger partial charge in [-0.2, -0.15) is 4.98 Å². The summed E-state index contributed by atoms with van der Waals surface area (Å²) in [4.78, 5) is 15.1. The molecule has 0 amide bonds. The van der Waals surface area contributed by atoms with E-state index in [-0.39, 0.29) is 12.2 Å². The number of hydrogen-bond acceptors (Lipinski definition) is 7. The highest BCUT2D eigenvalue weighted by Gasteiger charge is 2.44. The number of aliphatic hydroxyl groups excluding tert-OH is 2. The molecule has 1 aliphatic heterocycles. The van der Waals surface area contributed by atoms with Crippen molar-refractivity contribution in [3.05, 3.63) is 22.7 Å². The number of rotatable bonds is 2. The van der Waals surface area contributed by atoms with Crippen molar-refractivity contribution in [3.8, 4) is 0 Å². The molecule has 1 saturated heterocycles. The van der Waals surface area contributed by atoms with Gasteiger partial charge >= 0.3 is 5.69 Å². The predicted octanol–water partition coefficient (Wildman–Crippen LogP) is -2.25. The Morgan fingerprint density at radius 3 is 2.94 bits per heavy atom. The van der Waals surface area contributed by atoms with Gasteiger partial charge in [0.1, 0.15) is 17.6 Å². The van der Waals surface area contributed by atoms with Crippen LogP contribution in [0.3, 0.4) is 0 Å². The van der Waals surface area contributed by atoms with Gasteiger partial charge in [-0.05, 0) is 6.07 Å². The number of ether oxygens (including phenoxy) is 1. The van der Waals surface area contributed by atoms with Crippen molar-refractivity contribution >= 4 is 5.82 Å². The summed E-state index contributed by atoms with van der Waals surface area (Å²) in [6.07, 6.45) is -0.560. The van der Waals surface area contributed by atoms with Crippen molar-refractivity contribution in [2.24, 2.45) is 5.73 Å². The Labute approximate surface area is 96.4 Å². The van der Waals surface area contributed by atoms with Crippen LogP contribution in [0.5, 0.6) is 0 Å². The molecular weight excluding hydrogens is 228 g/mol. The van der Waals surface area contributed by atoms with Crippen LogP contribution in [-0.4, -0.2) is 38.2 Å². The topological polar surface area (TPSA) is 137 Å². The second-order valence-electron chi connectivity index (χ2n) is 4.05. The molecular formula is C9H14N4O4. The Balaban J connectivity index is 2.32. The maximum atomic E-state index is 11.5. The first-order valence-corrected chi connectivity index (χ1v) is 5.05. The number of aliphatic hydroxyl groups is 2. The number of nitrogens with two attached hydrogens (primary N) is 2. The molecule has 0 bridgehead atoms. The van der Waals surface area contributed by atoms with Crippen LogP contribution in [-0.2, 0) is 4.74 Å². The van der Waals surface area contributed by atoms with E-state index < -0.39 is 30.4 Å². The number of nitrogen functional groups attached to an aromatic ring is 1. The minimum atomic E-state index is -1.34. The normalized spacial score (nSPS) is 32.9. The van der Waals surface area contributed by atoms with Gasteiger partial charge in [-0.1, -0.05) is 0 Å². The van der Waals surface area contributed by atoms with Gasteiger partial charge in [-0.15, -0.1) is 0 Å². The molecule has 0 unspecified atom stereocenters. The lowest BCUT2D eigenvalue weighted by Crippen LogP contribution is -2.43. The Morgan fingerprint density at radius 2 is 2.41 bits per heavy atom. The SMILES string of the molecule is Nc1ccn([C@@H]2O[C@](N)(CO)C[C@H]2O)c(=O)n1. The zero-order valence-corrected chi connectivity index (χ0v) is 8.98. The molecule has 1 aromatic heterocycles. The molecule has 1 aliphatic rings. The third kappa shape index (κ3) is 2.15. The molecule has 6 N–H and O–H groups in total. The molecule has 17 heavy (non-hydrogen) atoms. The van der Waals surface area contributed by atoms with E-state index in [0.717, 1.165) is 4.57 Å². The van der Waals surface area contributed by atoms with Gasteiger partial charge < -0.3 is 26.4 Å². The van der Waals surface area contributed by atoms with E-state index in [2.05, 4.69) is 4.98 Å². The Bertz CT molecular complexity index is 476. The Kier molecular flexibility index (Phi) is 2.87. The molecule has 1 aromatic rings. The van der Waals surface area contributed by atoms with Crippen LogP contribution < -0.4 is 17.2 Å². The summed E-state index contributed by atoms with van der Waals surface area (Å²) in [7, 11) is 0. The summed E-state index contributed by atoms with van der Waals surface area (Å²) in [5, 5.41) is 18.8. The summed E-state index contributed by atoms with van der Waals surface area (Å²) in [6, 6.07) is 1.41. The van der Waals surface area contributed by atoms with E-state index in [1.165, 1.54) is 12.3 Å². The minimum absolute atomic E-state index is 0.0327. The Hall–Kier alpha value is -1.48. The van der Waals surface area contributed by atoms with Gasteiger partial charge in [0, 0.05) is 12.6 Å². The third-order valence-electron chi connectivity index (χ3n) is 2.63. The lowest BCUT2D eigenvalue weighted by Gasteiger charge is -2.22. The second kappa shape index (κ2) is 4.08. The van der Waals surface area contributed by atoms with Crippen LogP contribution in [0.25, 0.3) is 0 Å². The fourth-order valence-electron chi connectivity index (χ4n) is 1.79. The average Bonchev–Trinajstić information content (AvgIpc) is 2.55. The molecule has 94 valence electrons. The molecule has 2 heterocycles. The first-order valence-electron chi connectivity index (χ1n) is 5.05. The van der Waals surface area contributed by atoms with Gasteiger partial charge in [0.05, 0.1) is 6.61 Å². The molecule has 0 radical (unpaired) electrons. The highest BCUT2D eigenvalue weighted by atomic mass is 16.6. The van der Waals surface area contributed by atoms with Gasteiger partial charge in [0.2, 0.25) is 0 Å². The van der Waals surface area contributed by atoms with E-state index in [1.54, 1.807) is 0 Å². The quantitative estimate of drug-likeness (QED) is 0.460. The summed E-state index contributed by atoms with van der Waals surface area (Å²) in [6.45, 7) is -0.447. The predicted molar refractivity (Wildman–Crippen MR) is 57.7 cm³/mol. The molecule has 0 aliphatic carbocycles. The van der Waals surface area contributed by atoms with E-state index in [4.69, 9.17) is 21.3 Å². The molecule has 3 atom stereocenters. The zero-order valence-electron chi connectivity index (χ0n) is 8.98. The van der Waals surface area contributed by atoms with Crippen molar-refractivity contribution in [1.82, 2.24) is 9.55 Å². The summed E-state index contributed by atoms with van der Waals surface area (Å²) >= 11 is 0. The van der Waals surface area contributed by atoms with Gasteiger partial charge in [-0.25, -0.2) is 4.79 Å². The van der Waals surface area contributed by atoms with Crippen LogP contribution in [0.1, 0.15) is 12.6 Å². The first kappa shape index (κ1) is 12.0. The van der Waals surface area contributed by atoms with E-state index >= 15 is 0 Å². The molecule has 8 nitrogen and oxygen atoms in total. The summed E-state index contributed by atoms with van der Waals surface area (Å²) < 4.78 is 6.37. The minimum Gasteiger partial charge on any atom is -0.392 e. The van der Waals surface area contributed by atoms with E-state index in [1.807, 2.05) is 0 Å². The molecule has 0 aromatic carbocycles. The number of anilines is 1. The van der Waals surface area contributed by atoms with Gasteiger partial charge in [-0.3, -0.25) is 4.57 Å². The fraction of sp³-hybridized carbons (Fsp3) is 0.556. The lowest BCUT2D eigenvalue weighted by molar-refractivity contribution is -0.107. The van der Waals surface area contributed by atoms with Gasteiger partial charge in [0.15, 0.2) is 6.23 Å². The van der Waals surface area contributed by atoms with Crippen LogP contribution in [0.4, 0.5) is 5.82 Å². The van der Waals surface area contributed by atoms with Crippen molar-refractivity contribution in [2.75, 3.05) is 12.3 Å². The largest absolute Gasteiger partial charge is 0.392 e. The zero-order chi connectivity index (χ0) is 12.6. The highest BCUT2D eigenvalue weighted by molar-refractivity contribution is 5.23. The highest BCUT2D eigenvalue weighted by Crippen LogP contribution is 2.32. The fourth-order valence-corrected chi connectivity index (χ4v) is 1.79. The molecule has 8 heteroatoms. The maximum Gasteiger partial charge on any atom is 0.351 e. The van der Waals surface area contributed by atoms with E-state index in [9.17, 15) is 9.90 Å². The number of nitrogens with zero attached hydrogens (tertiary/aromatic N) is 2. The van der Waals surface area contributed by atoms with Crippen LogP contribution in [0, 0.1) is 0 Å². The third-order valence-corrected chi connectivity index (χ3v) is 2.63. The maximum absolute atomic E-state index is 11.5. The van der Waals surface area contributed by atoms with Crippen LogP contribution in [0.15, 0.2) is 17.1 Å². The molecule has 2 rings (SSSR count).